The molecule has 0 bridgehead atoms. The molecule has 0 saturated carbocycles. The van der Waals surface area contributed by atoms with Gasteiger partial charge >= 0.3 is 6.03 Å². The lowest BCUT2D eigenvalue weighted by atomic mass is 10.2. The number of carbonyl (C=O) groups excluding carboxylic acids is 1. The summed E-state index contributed by atoms with van der Waals surface area (Å²) in [6.45, 7) is 3.93. The van der Waals surface area contributed by atoms with Crippen molar-refractivity contribution in [2.24, 2.45) is 0 Å². The summed E-state index contributed by atoms with van der Waals surface area (Å²) in [7, 11) is 0. The molecule has 0 unspecified atom stereocenters. The van der Waals surface area contributed by atoms with Crippen LogP contribution in [0.1, 0.15) is 26.7 Å². The van der Waals surface area contributed by atoms with Crippen LogP contribution in [0.2, 0.25) is 0 Å². The van der Waals surface area contributed by atoms with Crippen molar-refractivity contribution in [1.82, 2.24) is 5.32 Å². The second-order valence-electron chi connectivity index (χ2n) is 5.31. The van der Waals surface area contributed by atoms with E-state index in [0.717, 1.165) is 18.9 Å². The van der Waals surface area contributed by atoms with Crippen molar-refractivity contribution in [3.63, 3.8) is 0 Å². The van der Waals surface area contributed by atoms with Gasteiger partial charge in [-0.15, -0.1) is 0 Å². The van der Waals surface area contributed by atoms with Gasteiger partial charge in [-0.25, -0.2) is 13.6 Å². The largest absolute Gasteiger partial charge is 0.457 e. The first-order valence-electron chi connectivity index (χ1n) is 7.82. The van der Waals surface area contributed by atoms with Gasteiger partial charge in [0.15, 0.2) is 0 Å². The average molecular weight is 334 g/mol. The van der Waals surface area contributed by atoms with Crippen molar-refractivity contribution in [2.75, 3.05) is 5.32 Å². The van der Waals surface area contributed by atoms with E-state index in [4.69, 9.17) is 4.74 Å². The fourth-order valence-corrected chi connectivity index (χ4v) is 2.16. The summed E-state index contributed by atoms with van der Waals surface area (Å²) < 4.78 is 32.6. The van der Waals surface area contributed by atoms with Crippen LogP contribution < -0.4 is 15.4 Å². The van der Waals surface area contributed by atoms with Gasteiger partial charge in [0.2, 0.25) is 0 Å². The SMILES string of the molecule is CCC(CC)NC(=O)Nc1ccc(Oc2cccc(F)c2)cc1F. The Morgan fingerprint density at radius 3 is 2.42 bits per heavy atom. The number of carbonyl (C=O) groups is 1. The van der Waals surface area contributed by atoms with E-state index in [1.54, 1.807) is 6.07 Å². The Hall–Kier alpha value is -2.63. The highest BCUT2D eigenvalue weighted by atomic mass is 19.1. The van der Waals surface area contributed by atoms with Gasteiger partial charge in [0, 0.05) is 18.2 Å². The highest BCUT2D eigenvalue weighted by Crippen LogP contribution is 2.26. The van der Waals surface area contributed by atoms with E-state index in [9.17, 15) is 13.6 Å². The Morgan fingerprint density at radius 1 is 1.08 bits per heavy atom. The van der Waals surface area contributed by atoms with Crippen molar-refractivity contribution in [2.45, 2.75) is 32.7 Å². The van der Waals surface area contributed by atoms with Gasteiger partial charge in [-0.2, -0.15) is 0 Å². The standard InChI is InChI=1S/C18H20F2N2O2/c1-3-13(4-2)21-18(23)22-17-9-8-15(11-16(17)20)24-14-7-5-6-12(19)10-14/h5-11,13H,3-4H2,1-2H3,(H2,21,22,23). The van der Waals surface area contributed by atoms with E-state index in [2.05, 4.69) is 10.6 Å². The summed E-state index contributed by atoms with van der Waals surface area (Å²) in [6, 6.07) is 9.18. The lowest BCUT2D eigenvalue weighted by Gasteiger charge is -2.16. The molecule has 128 valence electrons. The lowest BCUT2D eigenvalue weighted by molar-refractivity contribution is 0.247. The molecule has 24 heavy (non-hydrogen) atoms. The lowest BCUT2D eigenvalue weighted by Crippen LogP contribution is -2.37. The van der Waals surface area contributed by atoms with Crippen LogP contribution in [0, 0.1) is 11.6 Å². The molecule has 0 aliphatic rings. The van der Waals surface area contributed by atoms with Gasteiger partial charge in [0.05, 0.1) is 5.69 Å². The number of benzene rings is 2. The molecule has 2 amide bonds. The fourth-order valence-electron chi connectivity index (χ4n) is 2.16. The zero-order valence-electron chi connectivity index (χ0n) is 13.6. The van der Waals surface area contributed by atoms with Crippen molar-refractivity contribution in [3.05, 3.63) is 54.1 Å². The zero-order valence-corrected chi connectivity index (χ0v) is 13.6. The molecule has 0 fully saturated rings. The van der Waals surface area contributed by atoms with Crippen LogP contribution in [0.25, 0.3) is 0 Å². The summed E-state index contributed by atoms with van der Waals surface area (Å²) in [5.74, 6) is -0.599. The Bertz CT molecular complexity index is 703. The van der Waals surface area contributed by atoms with Gasteiger partial charge in [-0.05, 0) is 37.1 Å². The van der Waals surface area contributed by atoms with Crippen molar-refractivity contribution >= 4 is 11.7 Å². The van der Waals surface area contributed by atoms with Crippen LogP contribution in [0.15, 0.2) is 42.5 Å². The Balaban J connectivity index is 2.03. The third-order valence-corrected chi connectivity index (χ3v) is 3.54. The molecule has 0 saturated heterocycles. The molecular weight excluding hydrogens is 314 g/mol. The minimum absolute atomic E-state index is 0.0450. The molecule has 0 heterocycles. The Kier molecular flexibility index (Phi) is 6.12. The van der Waals surface area contributed by atoms with E-state index < -0.39 is 17.7 Å². The number of ether oxygens (including phenoxy) is 1. The van der Waals surface area contributed by atoms with Gasteiger partial charge in [0.1, 0.15) is 23.1 Å². The second-order valence-corrected chi connectivity index (χ2v) is 5.31. The quantitative estimate of drug-likeness (QED) is 0.775. The first-order valence-corrected chi connectivity index (χ1v) is 7.82. The number of hydrogen-bond donors (Lipinski definition) is 2. The summed E-state index contributed by atoms with van der Waals surface area (Å²) in [5.41, 5.74) is 0.0463. The number of urea groups is 1. The van der Waals surface area contributed by atoms with Crippen LogP contribution in [0.5, 0.6) is 11.5 Å². The first-order chi connectivity index (χ1) is 11.5. The monoisotopic (exact) mass is 334 g/mol. The predicted molar refractivity (Wildman–Crippen MR) is 89.4 cm³/mol. The fraction of sp³-hybridized carbons (Fsp3) is 0.278. The molecule has 2 aromatic rings. The molecule has 2 N–H and O–H groups in total. The molecule has 0 aliphatic heterocycles. The summed E-state index contributed by atoms with van der Waals surface area (Å²) in [6.07, 6.45) is 1.60. The zero-order chi connectivity index (χ0) is 17.5. The topological polar surface area (TPSA) is 50.4 Å². The van der Waals surface area contributed by atoms with Crippen LogP contribution in [0.4, 0.5) is 19.3 Å². The third kappa shape index (κ3) is 4.94. The highest BCUT2D eigenvalue weighted by Gasteiger charge is 2.11. The number of rotatable bonds is 6. The average Bonchev–Trinajstić information content (AvgIpc) is 2.55. The van der Waals surface area contributed by atoms with Gasteiger partial charge in [-0.3, -0.25) is 0 Å². The number of amides is 2. The van der Waals surface area contributed by atoms with E-state index in [-0.39, 0.29) is 23.2 Å². The molecule has 0 atom stereocenters. The molecule has 6 heteroatoms. The maximum absolute atomic E-state index is 14.1. The van der Waals surface area contributed by atoms with E-state index in [0.29, 0.717) is 0 Å². The first kappa shape index (κ1) is 17.7. The van der Waals surface area contributed by atoms with Crippen LogP contribution in [0.3, 0.4) is 0 Å². The van der Waals surface area contributed by atoms with Gasteiger partial charge in [-0.1, -0.05) is 19.9 Å². The normalized spacial score (nSPS) is 10.5. The van der Waals surface area contributed by atoms with E-state index in [1.165, 1.54) is 30.3 Å². The minimum atomic E-state index is -0.636. The molecule has 2 aromatic carbocycles. The maximum atomic E-state index is 14.1. The molecule has 4 nitrogen and oxygen atoms in total. The van der Waals surface area contributed by atoms with Crippen LogP contribution >= 0.6 is 0 Å². The maximum Gasteiger partial charge on any atom is 0.319 e. The predicted octanol–water partition coefficient (Wildman–Crippen LogP) is 5.07. The smallest absolute Gasteiger partial charge is 0.319 e. The van der Waals surface area contributed by atoms with Crippen molar-refractivity contribution < 1.29 is 18.3 Å². The van der Waals surface area contributed by atoms with Crippen molar-refractivity contribution in [3.8, 4) is 11.5 Å². The molecular formula is C18H20F2N2O2. The number of halogens is 2. The third-order valence-electron chi connectivity index (χ3n) is 3.54. The number of hydrogen-bond acceptors (Lipinski definition) is 2. The van der Waals surface area contributed by atoms with E-state index >= 15 is 0 Å². The summed E-state index contributed by atoms with van der Waals surface area (Å²) in [5, 5.41) is 5.23. The molecule has 0 aromatic heterocycles. The number of anilines is 1. The molecule has 0 radical (unpaired) electrons. The molecule has 0 aliphatic carbocycles. The van der Waals surface area contributed by atoms with Gasteiger partial charge < -0.3 is 15.4 Å². The van der Waals surface area contributed by atoms with Gasteiger partial charge in [0.25, 0.3) is 0 Å². The highest BCUT2D eigenvalue weighted by molar-refractivity contribution is 5.89. The van der Waals surface area contributed by atoms with Crippen LogP contribution in [-0.4, -0.2) is 12.1 Å². The Labute approximate surface area is 139 Å². The minimum Gasteiger partial charge on any atom is -0.457 e. The van der Waals surface area contributed by atoms with Crippen LogP contribution in [-0.2, 0) is 0 Å². The second kappa shape index (κ2) is 8.29. The summed E-state index contributed by atoms with van der Waals surface area (Å²) in [4.78, 5) is 11.8. The molecule has 2 rings (SSSR count). The molecule has 0 spiro atoms. The Morgan fingerprint density at radius 2 is 1.79 bits per heavy atom. The number of nitrogens with one attached hydrogen (secondary N) is 2. The van der Waals surface area contributed by atoms with Crippen molar-refractivity contribution in [1.29, 1.82) is 0 Å². The summed E-state index contributed by atoms with van der Waals surface area (Å²) >= 11 is 0. The van der Waals surface area contributed by atoms with E-state index in [1.807, 2.05) is 13.8 Å².